The van der Waals surface area contributed by atoms with Crippen LogP contribution in [-0.2, 0) is 14.2 Å². The quantitative estimate of drug-likeness (QED) is 0.749. The summed E-state index contributed by atoms with van der Waals surface area (Å²) in [6.07, 6.45) is 9.29. The van der Waals surface area contributed by atoms with Gasteiger partial charge in [0.2, 0.25) is 0 Å². The molecule has 5 heteroatoms. The number of carbonyl (C=O) groups excluding carboxylic acids is 1. The molecule has 1 heterocycles. The largest absolute Gasteiger partial charge is 0.444 e. The third kappa shape index (κ3) is 5.19. The van der Waals surface area contributed by atoms with E-state index in [9.17, 15) is 4.79 Å². The zero-order chi connectivity index (χ0) is 16.2. The van der Waals surface area contributed by atoms with Gasteiger partial charge in [0.05, 0.1) is 18.3 Å². The summed E-state index contributed by atoms with van der Waals surface area (Å²) < 4.78 is 16.9. The van der Waals surface area contributed by atoms with Gasteiger partial charge < -0.3 is 19.1 Å². The molecule has 2 rings (SSSR count). The van der Waals surface area contributed by atoms with Crippen molar-refractivity contribution in [3.8, 4) is 12.3 Å². The molecule has 124 valence electrons. The smallest absolute Gasteiger partial charge is 0.410 e. The molecule has 1 saturated carbocycles. The third-order valence-corrected chi connectivity index (χ3v) is 3.93. The number of nitrogens with zero attached hydrogens (tertiary/aromatic N) is 1. The van der Waals surface area contributed by atoms with Crippen LogP contribution in [0.4, 0.5) is 4.79 Å². The van der Waals surface area contributed by atoms with Crippen LogP contribution in [-0.4, -0.2) is 54.6 Å². The summed E-state index contributed by atoms with van der Waals surface area (Å²) in [7, 11) is 0. The number of hydrogen-bond donors (Lipinski definition) is 0. The minimum Gasteiger partial charge on any atom is -0.444 e. The molecule has 1 saturated heterocycles. The molecule has 0 unspecified atom stereocenters. The number of carbonyl (C=O) groups is 1. The lowest BCUT2D eigenvalue weighted by atomic mass is 9.91. The second kappa shape index (κ2) is 7.34. The van der Waals surface area contributed by atoms with E-state index in [0.717, 1.165) is 25.7 Å². The van der Waals surface area contributed by atoms with Gasteiger partial charge in [-0.3, -0.25) is 0 Å². The Hall–Kier alpha value is -1.25. The Morgan fingerprint density at radius 3 is 2.36 bits per heavy atom. The molecular weight excluding hydrogens is 282 g/mol. The summed E-state index contributed by atoms with van der Waals surface area (Å²) in [6, 6.07) is 0. The van der Waals surface area contributed by atoms with Gasteiger partial charge in [0.25, 0.3) is 0 Å². The van der Waals surface area contributed by atoms with Gasteiger partial charge in [-0.1, -0.05) is 5.92 Å². The monoisotopic (exact) mass is 309 g/mol. The SMILES string of the molecule is C#CCO[C@H]1C[C@H](OC2CCN(C(=O)OC(C)(C)C)CC2)C1. The average Bonchev–Trinajstić information content (AvgIpc) is 2.40. The molecule has 0 aromatic rings. The molecule has 0 bridgehead atoms. The maximum atomic E-state index is 12.0. The van der Waals surface area contributed by atoms with E-state index in [1.54, 1.807) is 4.90 Å². The minimum atomic E-state index is -0.441. The molecule has 0 aromatic heterocycles. The fourth-order valence-electron chi connectivity index (χ4n) is 2.70. The standard InChI is InChI=1S/C17H27NO4/c1-5-10-20-14-11-15(12-14)21-13-6-8-18(9-7-13)16(19)22-17(2,3)4/h1,13-15H,6-12H2,2-4H3/t14-,15-. The van der Waals surface area contributed by atoms with Crippen LogP contribution in [0.25, 0.3) is 0 Å². The van der Waals surface area contributed by atoms with Crippen LogP contribution in [0.3, 0.4) is 0 Å². The third-order valence-electron chi connectivity index (χ3n) is 3.93. The van der Waals surface area contributed by atoms with Crippen molar-refractivity contribution >= 4 is 6.09 Å². The van der Waals surface area contributed by atoms with Gasteiger partial charge >= 0.3 is 6.09 Å². The average molecular weight is 309 g/mol. The van der Waals surface area contributed by atoms with Gasteiger partial charge in [-0.05, 0) is 33.6 Å². The number of amides is 1. The molecule has 1 aliphatic heterocycles. The molecule has 1 aliphatic carbocycles. The van der Waals surface area contributed by atoms with Crippen LogP contribution in [0.1, 0.15) is 46.5 Å². The Bertz CT molecular complexity index is 409. The maximum absolute atomic E-state index is 12.0. The van der Waals surface area contributed by atoms with E-state index in [-0.39, 0.29) is 24.4 Å². The predicted octanol–water partition coefficient (Wildman–Crippen LogP) is 2.58. The highest BCUT2D eigenvalue weighted by atomic mass is 16.6. The molecule has 1 amide bonds. The van der Waals surface area contributed by atoms with E-state index in [1.807, 2.05) is 20.8 Å². The van der Waals surface area contributed by atoms with E-state index >= 15 is 0 Å². The van der Waals surface area contributed by atoms with Gasteiger partial charge in [0.1, 0.15) is 12.2 Å². The molecule has 2 fully saturated rings. The normalized spacial score (nSPS) is 26.2. The van der Waals surface area contributed by atoms with Crippen molar-refractivity contribution in [2.24, 2.45) is 0 Å². The lowest BCUT2D eigenvalue weighted by Gasteiger charge is -2.39. The number of terminal acetylenes is 1. The summed E-state index contributed by atoms with van der Waals surface area (Å²) in [5.74, 6) is 2.48. The molecule has 0 N–H and O–H groups in total. The lowest BCUT2D eigenvalue weighted by Crippen LogP contribution is -2.46. The molecule has 5 nitrogen and oxygen atoms in total. The highest BCUT2D eigenvalue weighted by Crippen LogP contribution is 2.29. The maximum Gasteiger partial charge on any atom is 0.410 e. The zero-order valence-corrected chi connectivity index (χ0v) is 13.8. The van der Waals surface area contributed by atoms with Gasteiger partial charge in [-0.15, -0.1) is 6.42 Å². The van der Waals surface area contributed by atoms with E-state index in [4.69, 9.17) is 20.6 Å². The molecule has 0 radical (unpaired) electrons. The van der Waals surface area contributed by atoms with Crippen LogP contribution in [0.15, 0.2) is 0 Å². The Morgan fingerprint density at radius 2 is 1.82 bits per heavy atom. The minimum absolute atomic E-state index is 0.225. The first-order chi connectivity index (χ1) is 10.4. The van der Waals surface area contributed by atoms with Crippen LogP contribution in [0.5, 0.6) is 0 Å². The van der Waals surface area contributed by atoms with Crippen molar-refractivity contribution in [3.05, 3.63) is 0 Å². The fraction of sp³-hybridized carbons (Fsp3) is 0.824. The van der Waals surface area contributed by atoms with Crippen molar-refractivity contribution in [2.45, 2.75) is 70.4 Å². The number of hydrogen-bond acceptors (Lipinski definition) is 4. The van der Waals surface area contributed by atoms with Crippen molar-refractivity contribution in [1.82, 2.24) is 4.90 Å². The van der Waals surface area contributed by atoms with Crippen molar-refractivity contribution in [1.29, 1.82) is 0 Å². The first-order valence-electron chi connectivity index (χ1n) is 8.06. The molecular formula is C17H27NO4. The first kappa shape index (κ1) is 17.1. The lowest BCUT2D eigenvalue weighted by molar-refractivity contribution is -0.130. The second-order valence-corrected chi connectivity index (χ2v) is 7.03. The Kier molecular flexibility index (Phi) is 5.71. The molecule has 0 atom stereocenters. The topological polar surface area (TPSA) is 48.0 Å². The van der Waals surface area contributed by atoms with Crippen LogP contribution in [0, 0.1) is 12.3 Å². The number of rotatable bonds is 4. The van der Waals surface area contributed by atoms with Gasteiger partial charge in [0, 0.05) is 25.9 Å². The molecule has 0 aromatic carbocycles. The van der Waals surface area contributed by atoms with Crippen molar-refractivity contribution in [2.75, 3.05) is 19.7 Å². The molecule has 2 aliphatic rings. The van der Waals surface area contributed by atoms with E-state index in [0.29, 0.717) is 19.7 Å². The van der Waals surface area contributed by atoms with Crippen LogP contribution in [0.2, 0.25) is 0 Å². The van der Waals surface area contributed by atoms with Crippen LogP contribution < -0.4 is 0 Å². The Morgan fingerprint density at radius 1 is 1.18 bits per heavy atom. The Labute approximate surface area is 133 Å². The van der Waals surface area contributed by atoms with Gasteiger partial charge in [0.15, 0.2) is 0 Å². The van der Waals surface area contributed by atoms with Crippen molar-refractivity contribution < 1.29 is 19.0 Å². The number of ether oxygens (including phenoxy) is 3. The van der Waals surface area contributed by atoms with Crippen molar-refractivity contribution in [3.63, 3.8) is 0 Å². The van der Waals surface area contributed by atoms with E-state index in [1.165, 1.54) is 0 Å². The number of likely N-dealkylation sites (tertiary alicyclic amines) is 1. The molecule has 22 heavy (non-hydrogen) atoms. The zero-order valence-electron chi connectivity index (χ0n) is 13.8. The van der Waals surface area contributed by atoms with Crippen LogP contribution >= 0.6 is 0 Å². The highest BCUT2D eigenvalue weighted by molar-refractivity contribution is 5.68. The second-order valence-electron chi connectivity index (χ2n) is 7.03. The summed E-state index contributed by atoms with van der Waals surface area (Å²) in [5.41, 5.74) is -0.441. The van der Waals surface area contributed by atoms with Gasteiger partial charge in [-0.25, -0.2) is 4.79 Å². The molecule has 0 spiro atoms. The fourth-order valence-corrected chi connectivity index (χ4v) is 2.70. The first-order valence-corrected chi connectivity index (χ1v) is 8.06. The summed E-state index contributed by atoms with van der Waals surface area (Å²) >= 11 is 0. The summed E-state index contributed by atoms with van der Waals surface area (Å²) in [4.78, 5) is 13.8. The Balaban J connectivity index is 1.62. The van der Waals surface area contributed by atoms with Gasteiger partial charge in [-0.2, -0.15) is 0 Å². The predicted molar refractivity (Wildman–Crippen MR) is 83.5 cm³/mol. The number of piperidine rings is 1. The highest BCUT2D eigenvalue weighted by Gasteiger charge is 2.34. The van der Waals surface area contributed by atoms with E-state index < -0.39 is 5.60 Å². The summed E-state index contributed by atoms with van der Waals surface area (Å²) in [6.45, 7) is 7.43. The summed E-state index contributed by atoms with van der Waals surface area (Å²) in [5, 5.41) is 0. The van der Waals surface area contributed by atoms with E-state index in [2.05, 4.69) is 5.92 Å².